The fourth-order valence-electron chi connectivity index (χ4n) is 1.64. The van der Waals surface area contributed by atoms with Gasteiger partial charge in [-0.3, -0.25) is 0 Å². The molecule has 0 atom stereocenters. The summed E-state index contributed by atoms with van der Waals surface area (Å²) in [4.78, 5) is 0. The third kappa shape index (κ3) is 2.44. The molecule has 0 unspecified atom stereocenters. The summed E-state index contributed by atoms with van der Waals surface area (Å²) >= 11 is 0. The van der Waals surface area contributed by atoms with Crippen molar-refractivity contribution < 1.29 is 4.74 Å². The second-order valence-electron chi connectivity index (χ2n) is 4.21. The number of ether oxygens (including phenoxy) is 1. The van der Waals surface area contributed by atoms with E-state index in [4.69, 9.17) is 15.7 Å². The number of hydrogen-bond acceptors (Lipinski definition) is 3. The average Bonchev–Trinajstić information content (AvgIpc) is 2.36. The van der Waals surface area contributed by atoms with Crippen LogP contribution in [-0.4, -0.2) is 0 Å². The highest BCUT2D eigenvalue weighted by molar-refractivity contribution is 5.52. The Kier molecular flexibility index (Phi) is 3.20. The fraction of sp³-hybridized carbons (Fsp3) is 0.133. The lowest BCUT2D eigenvalue weighted by Gasteiger charge is -2.10. The van der Waals surface area contributed by atoms with Crippen molar-refractivity contribution in [1.82, 2.24) is 0 Å². The lowest BCUT2D eigenvalue weighted by atomic mass is 10.1. The summed E-state index contributed by atoms with van der Waals surface area (Å²) in [5.41, 5.74) is 9.12. The summed E-state index contributed by atoms with van der Waals surface area (Å²) in [6.07, 6.45) is 0. The zero-order valence-electron chi connectivity index (χ0n) is 10.4. The largest absolute Gasteiger partial charge is 0.457 e. The molecule has 2 aromatic rings. The van der Waals surface area contributed by atoms with Crippen molar-refractivity contribution in [2.45, 2.75) is 13.8 Å². The highest BCUT2D eigenvalue weighted by Crippen LogP contribution is 2.27. The number of rotatable bonds is 2. The molecule has 0 aliphatic heterocycles. The van der Waals surface area contributed by atoms with Crippen LogP contribution >= 0.6 is 0 Å². The first-order valence-corrected chi connectivity index (χ1v) is 5.65. The third-order valence-corrected chi connectivity index (χ3v) is 2.78. The number of nitriles is 1. The van der Waals surface area contributed by atoms with Crippen LogP contribution in [-0.2, 0) is 0 Å². The highest BCUT2D eigenvalue weighted by atomic mass is 16.5. The van der Waals surface area contributed by atoms with E-state index in [2.05, 4.69) is 6.07 Å². The Bertz CT molecular complexity index is 627. The Labute approximate surface area is 106 Å². The summed E-state index contributed by atoms with van der Waals surface area (Å²) in [6.45, 7) is 3.86. The second kappa shape index (κ2) is 4.80. The summed E-state index contributed by atoms with van der Waals surface area (Å²) in [7, 11) is 0. The molecule has 2 N–H and O–H groups in total. The molecule has 0 aromatic heterocycles. The summed E-state index contributed by atoms with van der Waals surface area (Å²) in [5, 5.41) is 8.80. The molecule has 0 radical (unpaired) electrons. The maximum atomic E-state index is 8.80. The summed E-state index contributed by atoms with van der Waals surface area (Å²) in [5.74, 6) is 1.43. The van der Waals surface area contributed by atoms with Crippen LogP contribution in [0.2, 0.25) is 0 Å². The van der Waals surface area contributed by atoms with Crippen LogP contribution in [0.25, 0.3) is 0 Å². The van der Waals surface area contributed by atoms with Gasteiger partial charge >= 0.3 is 0 Å². The Hall–Kier alpha value is -2.47. The highest BCUT2D eigenvalue weighted by Gasteiger charge is 2.04. The van der Waals surface area contributed by atoms with Crippen LogP contribution in [0.15, 0.2) is 36.4 Å². The van der Waals surface area contributed by atoms with E-state index in [1.807, 2.05) is 26.0 Å². The molecular formula is C15H14N2O. The molecule has 90 valence electrons. The summed E-state index contributed by atoms with van der Waals surface area (Å²) in [6, 6.07) is 13.0. The Morgan fingerprint density at radius 2 is 1.83 bits per heavy atom. The molecule has 0 saturated carbocycles. The van der Waals surface area contributed by atoms with Gasteiger partial charge in [-0.05, 0) is 49.2 Å². The van der Waals surface area contributed by atoms with E-state index in [1.165, 1.54) is 0 Å². The fourth-order valence-corrected chi connectivity index (χ4v) is 1.64. The zero-order valence-corrected chi connectivity index (χ0v) is 10.4. The maximum Gasteiger partial charge on any atom is 0.130 e. The van der Waals surface area contributed by atoms with E-state index >= 15 is 0 Å². The van der Waals surface area contributed by atoms with E-state index in [-0.39, 0.29) is 0 Å². The third-order valence-electron chi connectivity index (χ3n) is 2.78. The Morgan fingerprint density at radius 1 is 1.06 bits per heavy atom. The maximum absolute atomic E-state index is 8.80. The molecule has 18 heavy (non-hydrogen) atoms. The average molecular weight is 238 g/mol. The first-order valence-electron chi connectivity index (χ1n) is 5.65. The normalized spacial score (nSPS) is 9.83. The molecule has 0 aliphatic carbocycles. The van der Waals surface area contributed by atoms with Gasteiger partial charge in [0.2, 0.25) is 0 Å². The molecular weight excluding hydrogens is 224 g/mol. The molecule has 0 bridgehead atoms. The predicted octanol–water partition coefficient (Wildman–Crippen LogP) is 3.55. The van der Waals surface area contributed by atoms with Crippen molar-refractivity contribution in [2.24, 2.45) is 0 Å². The van der Waals surface area contributed by atoms with Gasteiger partial charge in [0.25, 0.3) is 0 Å². The Balaban J connectivity index is 2.29. The first-order chi connectivity index (χ1) is 8.60. The van der Waals surface area contributed by atoms with Crippen LogP contribution in [0.3, 0.4) is 0 Å². The standard InChI is InChI=1S/C15H14N2O/c1-10-3-5-13(8-14(10)17)18-15-6-4-12(9-16)7-11(15)2/h3-8H,17H2,1-2H3. The lowest BCUT2D eigenvalue weighted by Crippen LogP contribution is -1.92. The minimum atomic E-state index is 0.628. The van der Waals surface area contributed by atoms with Crippen molar-refractivity contribution >= 4 is 5.69 Å². The Morgan fingerprint density at radius 3 is 2.44 bits per heavy atom. The van der Waals surface area contributed by atoms with Gasteiger partial charge in [0.15, 0.2) is 0 Å². The molecule has 2 aromatic carbocycles. The van der Waals surface area contributed by atoms with Gasteiger partial charge in [-0.15, -0.1) is 0 Å². The van der Waals surface area contributed by atoms with E-state index in [9.17, 15) is 0 Å². The number of hydrogen-bond donors (Lipinski definition) is 1. The van der Waals surface area contributed by atoms with E-state index in [1.54, 1.807) is 24.3 Å². The van der Waals surface area contributed by atoms with Gasteiger partial charge in [0, 0.05) is 11.8 Å². The van der Waals surface area contributed by atoms with Crippen LogP contribution < -0.4 is 10.5 Å². The molecule has 0 amide bonds. The monoisotopic (exact) mass is 238 g/mol. The van der Waals surface area contributed by atoms with Gasteiger partial charge in [-0.25, -0.2) is 0 Å². The quantitative estimate of drug-likeness (QED) is 0.814. The van der Waals surface area contributed by atoms with Crippen LogP contribution in [0.1, 0.15) is 16.7 Å². The van der Waals surface area contributed by atoms with Crippen molar-refractivity contribution in [2.75, 3.05) is 5.73 Å². The lowest BCUT2D eigenvalue weighted by molar-refractivity contribution is 0.479. The molecule has 0 fully saturated rings. The van der Waals surface area contributed by atoms with Gasteiger partial charge in [0.05, 0.1) is 11.6 Å². The predicted molar refractivity (Wildman–Crippen MR) is 71.6 cm³/mol. The first kappa shape index (κ1) is 12.0. The topological polar surface area (TPSA) is 59.0 Å². The SMILES string of the molecule is Cc1ccc(Oc2ccc(C#N)cc2C)cc1N. The number of nitrogen functional groups attached to an aromatic ring is 1. The van der Waals surface area contributed by atoms with E-state index in [0.717, 1.165) is 16.9 Å². The molecule has 3 heteroatoms. The number of anilines is 1. The number of nitrogens with two attached hydrogens (primary N) is 1. The van der Waals surface area contributed by atoms with Gasteiger partial charge in [-0.2, -0.15) is 5.26 Å². The van der Waals surface area contributed by atoms with Crippen molar-refractivity contribution in [3.8, 4) is 17.6 Å². The van der Waals surface area contributed by atoms with Crippen LogP contribution in [0.4, 0.5) is 5.69 Å². The smallest absolute Gasteiger partial charge is 0.130 e. The number of benzene rings is 2. The molecule has 3 nitrogen and oxygen atoms in total. The van der Waals surface area contributed by atoms with Crippen LogP contribution in [0.5, 0.6) is 11.5 Å². The minimum Gasteiger partial charge on any atom is -0.457 e. The minimum absolute atomic E-state index is 0.628. The molecule has 0 saturated heterocycles. The molecule has 0 aliphatic rings. The van der Waals surface area contributed by atoms with Gasteiger partial charge < -0.3 is 10.5 Å². The molecule has 0 heterocycles. The van der Waals surface area contributed by atoms with Crippen molar-refractivity contribution in [1.29, 1.82) is 5.26 Å². The van der Waals surface area contributed by atoms with Crippen molar-refractivity contribution in [3.63, 3.8) is 0 Å². The van der Waals surface area contributed by atoms with E-state index in [0.29, 0.717) is 17.0 Å². The molecule has 2 rings (SSSR count). The zero-order chi connectivity index (χ0) is 13.1. The van der Waals surface area contributed by atoms with Crippen LogP contribution in [0, 0.1) is 25.2 Å². The number of nitrogens with zero attached hydrogens (tertiary/aromatic N) is 1. The summed E-state index contributed by atoms with van der Waals surface area (Å²) < 4.78 is 5.76. The second-order valence-corrected chi connectivity index (χ2v) is 4.21. The van der Waals surface area contributed by atoms with Gasteiger partial charge in [0.1, 0.15) is 11.5 Å². The number of aryl methyl sites for hydroxylation is 2. The molecule has 0 spiro atoms. The van der Waals surface area contributed by atoms with Crippen molar-refractivity contribution in [3.05, 3.63) is 53.1 Å². The van der Waals surface area contributed by atoms with E-state index < -0.39 is 0 Å². The van der Waals surface area contributed by atoms with Gasteiger partial charge in [-0.1, -0.05) is 6.07 Å².